The van der Waals surface area contributed by atoms with Gasteiger partial charge < -0.3 is 10.6 Å². The van der Waals surface area contributed by atoms with Gasteiger partial charge in [0.2, 0.25) is 0 Å². The number of nitrogens with two attached hydrogens (primary N) is 1. The van der Waals surface area contributed by atoms with Crippen molar-refractivity contribution >= 4 is 23.3 Å². The number of primary amides is 1. The number of nitrogens with zero attached hydrogens (tertiary/aromatic N) is 5. The van der Waals surface area contributed by atoms with Crippen molar-refractivity contribution in [2.45, 2.75) is 20.0 Å². The van der Waals surface area contributed by atoms with Crippen LogP contribution in [-0.2, 0) is 13.1 Å². The number of halogens is 1. The number of anilines is 1. The number of aromatic nitrogens is 1. The third-order valence-electron chi connectivity index (χ3n) is 4.75. The molecule has 1 saturated heterocycles. The van der Waals surface area contributed by atoms with Crippen LogP contribution in [0.2, 0.25) is 5.02 Å². The Morgan fingerprint density at radius 3 is 2.57 bits per heavy atom. The van der Waals surface area contributed by atoms with Gasteiger partial charge in [0, 0.05) is 43.4 Å². The van der Waals surface area contributed by atoms with Crippen molar-refractivity contribution in [2.75, 3.05) is 31.1 Å². The van der Waals surface area contributed by atoms with Gasteiger partial charge in [-0.25, -0.2) is 4.79 Å². The molecule has 146 valence electrons. The fraction of sp³-hybridized carbons (Fsp3) is 0.350. The Kier molecular flexibility index (Phi) is 6.34. The van der Waals surface area contributed by atoms with Crippen LogP contribution in [0.15, 0.2) is 36.5 Å². The molecule has 1 aliphatic heterocycles. The fourth-order valence-corrected chi connectivity index (χ4v) is 3.54. The number of amides is 2. The van der Waals surface area contributed by atoms with Crippen molar-refractivity contribution in [3.63, 3.8) is 0 Å². The van der Waals surface area contributed by atoms with E-state index in [0.29, 0.717) is 17.3 Å². The van der Waals surface area contributed by atoms with E-state index >= 15 is 0 Å². The van der Waals surface area contributed by atoms with Crippen LogP contribution in [0.4, 0.5) is 10.5 Å². The van der Waals surface area contributed by atoms with Crippen LogP contribution in [-0.4, -0.2) is 47.0 Å². The Morgan fingerprint density at radius 2 is 1.96 bits per heavy atom. The number of hydrogen-bond acceptors (Lipinski definition) is 5. The summed E-state index contributed by atoms with van der Waals surface area (Å²) in [5.41, 5.74) is 9.08. The first-order chi connectivity index (χ1) is 13.4. The van der Waals surface area contributed by atoms with Gasteiger partial charge in [0.1, 0.15) is 0 Å². The lowest BCUT2D eigenvalue weighted by atomic mass is 10.1. The molecule has 0 saturated carbocycles. The summed E-state index contributed by atoms with van der Waals surface area (Å²) in [6.45, 7) is 6.08. The van der Waals surface area contributed by atoms with Gasteiger partial charge in [0.05, 0.1) is 18.4 Å². The van der Waals surface area contributed by atoms with Crippen molar-refractivity contribution in [1.82, 2.24) is 14.8 Å². The zero-order valence-electron chi connectivity index (χ0n) is 15.8. The van der Waals surface area contributed by atoms with E-state index in [-0.39, 0.29) is 0 Å². The second-order valence-electron chi connectivity index (χ2n) is 6.91. The van der Waals surface area contributed by atoms with E-state index in [2.05, 4.69) is 16.1 Å². The van der Waals surface area contributed by atoms with Crippen LogP contribution in [0.3, 0.4) is 0 Å². The highest BCUT2D eigenvalue weighted by molar-refractivity contribution is 6.30. The SMILES string of the molecule is Cc1ccc(N(Cc2cc(Cl)cc(CN3CCN(C#N)CC3)c2)C(N)=O)cn1. The minimum absolute atomic E-state index is 0.315. The van der Waals surface area contributed by atoms with Crippen LogP contribution in [0.5, 0.6) is 0 Å². The lowest BCUT2D eigenvalue weighted by molar-refractivity contribution is 0.167. The Hall–Kier alpha value is -2.82. The normalized spacial score (nSPS) is 14.5. The molecule has 0 atom stereocenters. The van der Waals surface area contributed by atoms with E-state index in [9.17, 15) is 4.79 Å². The lowest BCUT2D eigenvalue weighted by Crippen LogP contribution is -2.43. The van der Waals surface area contributed by atoms with E-state index in [1.807, 2.05) is 37.3 Å². The van der Waals surface area contributed by atoms with Crippen molar-refractivity contribution in [3.8, 4) is 6.19 Å². The molecule has 1 fully saturated rings. The number of piperazine rings is 1. The topological polar surface area (TPSA) is 89.5 Å². The minimum Gasteiger partial charge on any atom is -0.351 e. The quantitative estimate of drug-likeness (QED) is 0.782. The van der Waals surface area contributed by atoms with Gasteiger partial charge >= 0.3 is 6.03 Å². The molecule has 3 rings (SSSR count). The van der Waals surface area contributed by atoms with Crippen molar-refractivity contribution < 1.29 is 4.79 Å². The molecule has 0 spiro atoms. The summed E-state index contributed by atoms with van der Waals surface area (Å²) >= 11 is 6.33. The number of carbonyl (C=O) groups excluding carboxylic acids is 1. The summed E-state index contributed by atoms with van der Waals surface area (Å²) in [4.78, 5) is 21.8. The Labute approximate surface area is 169 Å². The van der Waals surface area contributed by atoms with Crippen molar-refractivity contribution in [3.05, 3.63) is 58.4 Å². The van der Waals surface area contributed by atoms with Gasteiger partial charge in [0.15, 0.2) is 6.19 Å². The van der Waals surface area contributed by atoms with E-state index < -0.39 is 6.03 Å². The molecule has 2 heterocycles. The molecular weight excluding hydrogens is 376 g/mol. The maximum atomic E-state index is 12.0. The number of hydrogen-bond donors (Lipinski definition) is 1. The average Bonchev–Trinajstić information content (AvgIpc) is 2.67. The smallest absolute Gasteiger partial charge is 0.319 e. The first-order valence-corrected chi connectivity index (χ1v) is 9.47. The van der Waals surface area contributed by atoms with Crippen molar-refractivity contribution in [2.24, 2.45) is 5.73 Å². The second kappa shape index (κ2) is 8.91. The van der Waals surface area contributed by atoms with Gasteiger partial charge in [-0.15, -0.1) is 0 Å². The first-order valence-electron chi connectivity index (χ1n) is 9.09. The number of nitriles is 1. The van der Waals surface area contributed by atoms with E-state index in [1.54, 1.807) is 11.1 Å². The number of urea groups is 1. The molecule has 2 amide bonds. The minimum atomic E-state index is -0.542. The number of benzene rings is 1. The van der Waals surface area contributed by atoms with Gasteiger partial charge in [-0.3, -0.25) is 14.8 Å². The molecule has 0 aliphatic carbocycles. The molecule has 0 bridgehead atoms. The summed E-state index contributed by atoms with van der Waals surface area (Å²) in [5.74, 6) is 0. The van der Waals surface area contributed by atoms with E-state index in [0.717, 1.165) is 49.5 Å². The summed E-state index contributed by atoms with van der Waals surface area (Å²) in [6.07, 6.45) is 3.83. The highest BCUT2D eigenvalue weighted by Crippen LogP contribution is 2.21. The van der Waals surface area contributed by atoms with Crippen molar-refractivity contribution in [1.29, 1.82) is 5.26 Å². The standard InChI is InChI=1S/C20H23ClN6O/c1-15-2-3-19(11-24-15)27(20(23)28)13-17-8-16(9-18(21)10-17)12-25-4-6-26(14-22)7-5-25/h2-3,8-11H,4-7,12-13H2,1H3,(H2,23,28). The highest BCUT2D eigenvalue weighted by Gasteiger charge is 2.17. The Balaban J connectivity index is 1.74. The molecule has 1 aromatic carbocycles. The molecule has 2 N–H and O–H groups in total. The fourth-order valence-electron chi connectivity index (χ4n) is 3.26. The molecule has 2 aromatic rings. The summed E-state index contributed by atoms with van der Waals surface area (Å²) in [6, 6.07) is 8.95. The van der Waals surface area contributed by atoms with Crippen LogP contribution in [0.25, 0.3) is 0 Å². The molecule has 8 heteroatoms. The van der Waals surface area contributed by atoms with Crippen LogP contribution in [0.1, 0.15) is 16.8 Å². The second-order valence-corrected chi connectivity index (χ2v) is 7.35. The van der Waals surface area contributed by atoms with E-state index in [1.165, 1.54) is 4.90 Å². The van der Waals surface area contributed by atoms with Gasteiger partial charge in [-0.1, -0.05) is 17.7 Å². The summed E-state index contributed by atoms with van der Waals surface area (Å²) in [7, 11) is 0. The Bertz CT molecular complexity index is 871. The molecular formula is C20H23ClN6O. The zero-order chi connectivity index (χ0) is 20.1. The molecule has 0 radical (unpaired) electrons. The third-order valence-corrected chi connectivity index (χ3v) is 4.97. The third kappa shape index (κ3) is 5.12. The highest BCUT2D eigenvalue weighted by atomic mass is 35.5. The largest absolute Gasteiger partial charge is 0.351 e. The molecule has 1 aliphatic rings. The average molecular weight is 399 g/mol. The molecule has 7 nitrogen and oxygen atoms in total. The van der Waals surface area contributed by atoms with E-state index in [4.69, 9.17) is 22.6 Å². The van der Waals surface area contributed by atoms with Crippen LogP contribution in [0, 0.1) is 18.4 Å². The lowest BCUT2D eigenvalue weighted by Gasteiger charge is -2.31. The molecule has 0 unspecified atom stereocenters. The predicted molar refractivity (Wildman–Crippen MR) is 109 cm³/mol. The molecule has 1 aromatic heterocycles. The maximum absolute atomic E-state index is 12.0. The summed E-state index contributed by atoms with van der Waals surface area (Å²) < 4.78 is 0. The number of carbonyl (C=O) groups is 1. The number of aryl methyl sites for hydroxylation is 1. The van der Waals surface area contributed by atoms with Crippen LogP contribution < -0.4 is 10.6 Å². The predicted octanol–water partition coefficient (Wildman–Crippen LogP) is 2.73. The zero-order valence-corrected chi connectivity index (χ0v) is 16.6. The van der Waals surface area contributed by atoms with Gasteiger partial charge in [0.25, 0.3) is 0 Å². The summed E-state index contributed by atoms with van der Waals surface area (Å²) in [5, 5.41) is 9.59. The monoisotopic (exact) mass is 398 g/mol. The van der Waals surface area contributed by atoms with Gasteiger partial charge in [-0.05, 0) is 42.3 Å². The number of rotatable bonds is 5. The molecule has 28 heavy (non-hydrogen) atoms. The maximum Gasteiger partial charge on any atom is 0.319 e. The Morgan fingerprint density at radius 1 is 1.25 bits per heavy atom. The number of pyridine rings is 1. The first kappa shape index (κ1) is 19.9. The van der Waals surface area contributed by atoms with Gasteiger partial charge in [-0.2, -0.15) is 5.26 Å². The van der Waals surface area contributed by atoms with Crippen LogP contribution >= 0.6 is 11.6 Å².